The van der Waals surface area contributed by atoms with Crippen LogP contribution in [0.5, 0.6) is 0 Å². The van der Waals surface area contributed by atoms with E-state index >= 15 is 0 Å². The molecule has 2 heterocycles. The van der Waals surface area contributed by atoms with Crippen molar-refractivity contribution >= 4 is 29.3 Å². The fourth-order valence-corrected chi connectivity index (χ4v) is 5.60. The lowest BCUT2D eigenvalue weighted by atomic mass is 10.2. The number of ether oxygens (including phenoxy) is 1. The van der Waals surface area contributed by atoms with E-state index in [1.165, 1.54) is 12.3 Å². The summed E-state index contributed by atoms with van der Waals surface area (Å²) in [6.07, 6.45) is -0.441. The van der Waals surface area contributed by atoms with E-state index in [-0.39, 0.29) is 12.2 Å². The molecule has 0 aromatic carbocycles. The third kappa shape index (κ3) is 9.09. The third-order valence-corrected chi connectivity index (χ3v) is 7.55. The quantitative estimate of drug-likeness (QED) is 0.0812. The molecule has 5 atom stereocenters. The minimum Gasteiger partial charge on any atom is -0.366 e. The molecule has 1 aromatic rings. The van der Waals surface area contributed by atoms with Gasteiger partial charge in [0, 0.05) is 19.2 Å². The summed E-state index contributed by atoms with van der Waals surface area (Å²) in [5.41, 5.74) is -0.713. The zero-order chi connectivity index (χ0) is 24.9. The first-order valence-electron chi connectivity index (χ1n) is 8.65. The molecule has 0 radical (unpaired) electrons. The van der Waals surface area contributed by atoms with Gasteiger partial charge in [-0.05, 0) is 6.07 Å². The molecule has 0 bridgehead atoms. The number of anilines is 1. The lowest BCUT2D eigenvalue weighted by Crippen LogP contribution is -2.30. The SMILES string of the molecule is C=CCNc1ccn([C@H]2C[C@H](OON)[C@@H](COP(=O)(O)OP(=O)(O)OP(=O)(O)O)O2)c(=O)n1. The van der Waals surface area contributed by atoms with Crippen LogP contribution in [0.3, 0.4) is 0 Å². The second-order valence-corrected chi connectivity index (χ2v) is 10.6. The predicted octanol–water partition coefficient (Wildman–Crippen LogP) is -0.338. The Labute approximate surface area is 185 Å². The van der Waals surface area contributed by atoms with Crippen LogP contribution in [0.15, 0.2) is 29.7 Å². The van der Waals surface area contributed by atoms with Crippen LogP contribution in [-0.2, 0) is 41.5 Å². The van der Waals surface area contributed by atoms with Gasteiger partial charge in [0.2, 0.25) is 0 Å². The standard InChI is InChI=1S/C12H21N4O14P3/c1-2-4-14-10-3-5-16(12(17)15-10)11-6-8(27-28-13)9(26-11)7-25-32(21,22)30-33(23,24)29-31(18,19)20/h2-3,5,8-9,11H,1,4,6-7,13H2,(H,21,22)(H,23,24)(H,14,15,17)(H2,18,19,20)/t8-,9+,11+/m0/s1. The van der Waals surface area contributed by atoms with Crippen molar-refractivity contribution < 1.29 is 61.0 Å². The van der Waals surface area contributed by atoms with E-state index in [9.17, 15) is 28.3 Å². The molecule has 1 aliphatic heterocycles. The largest absolute Gasteiger partial charge is 0.490 e. The first kappa shape index (κ1) is 27.9. The fraction of sp³-hybridized carbons (Fsp3) is 0.500. The Kier molecular flexibility index (Phi) is 9.64. The molecule has 2 unspecified atom stereocenters. The maximum atomic E-state index is 12.3. The van der Waals surface area contributed by atoms with E-state index in [0.29, 0.717) is 6.54 Å². The number of nitrogens with two attached hydrogens (primary N) is 1. The van der Waals surface area contributed by atoms with Crippen LogP contribution >= 0.6 is 23.5 Å². The summed E-state index contributed by atoms with van der Waals surface area (Å²) in [6, 6.07) is 1.48. The van der Waals surface area contributed by atoms with Crippen molar-refractivity contribution in [2.75, 3.05) is 18.5 Å². The molecule has 0 saturated carbocycles. The van der Waals surface area contributed by atoms with Crippen molar-refractivity contribution in [2.24, 2.45) is 5.90 Å². The summed E-state index contributed by atoms with van der Waals surface area (Å²) >= 11 is 0. The monoisotopic (exact) mass is 538 g/mol. The van der Waals surface area contributed by atoms with Crippen LogP contribution < -0.4 is 16.9 Å². The van der Waals surface area contributed by atoms with Gasteiger partial charge in [0.15, 0.2) is 0 Å². The topological polar surface area (TPSA) is 260 Å². The molecule has 7 N–H and O–H groups in total. The summed E-state index contributed by atoms with van der Waals surface area (Å²) in [7, 11) is -16.6. The first-order chi connectivity index (χ1) is 15.3. The van der Waals surface area contributed by atoms with E-state index in [2.05, 4.69) is 35.0 Å². The minimum absolute atomic E-state index is 0.0668. The van der Waals surface area contributed by atoms with Crippen LogP contribution in [-0.4, -0.2) is 54.5 Å². The van der Waals surface area contributed by atoms with Crippen molar-refractivity contribution in [3.8, 4) is 0 Å². The third-order valence-electron chi connectivity index (χ3n) is 3.75. The van der Waals surface area contributed by atoms with Gasteiger partial charge in [-0.2, -0.15) is 19.5 Å². The molecule has 0 amide bonds. The molecule has 33 heavy (non-hydrogen) atoms. The molecule has 1 aromatic heterocycles. The summed E-state index contributed by atoms with van der Waals surface area (Å²) in [4.78, 5) is 60.8. The molecular weight excluding hydrogens is 517 g/mol. The zero-order valence-electron chi connectivity index (χ0n) is 16.5. The highest BCUT2D eigenvalue weighted by molar-refractivity contribution is 7.66. The highest BCUT2D eigenvalue weighted by atomic mass is 31.3. The van der Waals surface area contributed by atoms with E-state index in [1.807, 2.05) is 0 Å². The Hall–Kier alpha value is -1.33. The smallest absolute Gasteiger partial charge is 0.366 e. The van der Waals surface area contributed by atoms with Gasteiger partial charge < -0.3 is 29.6 Å². The maximum absolute atomic E-state index is 12.3. The second kappa shape index (κ2) is 11.4. The number of rotatable bonds is 13. The van der Waals surface area contributed by atoms with Gasteiger partial charge in [-0.25, -0.2) is 23.4 Å². The van der Waals surface area contributed by atoms with Gasteiger partial charge >= 0.3 is 29.2 Å². The Morgan fingerprint density at radius 2 is 1.97 bits per heavy atom. The van der Waals surface area contributed by atoms with E-state index < -0.39 is 54.2 Å². The molecule has 1 saturated heterocycles. The molecule has 21 heteroatoms. The first-order valence-corrected chi connectivity index (χ1v) is 13.2. The van der Waals surface area contributed by atoms with Crippen LogP contribution in [0.2, 0.25) is 0 Å². The molecule has 18 nitrogen and oxygen atoms in total. The second-order valence-electron chi connectivity index (χ2n) is 6.15. The van der Waals surface area contributed by atoms with Gasteiger partial charge in [-0.1, -0.05) is 6.08 Å². The Morgan fingerprint density at radius 1 is 1.27 bits per heavy atom. The number of phosphoric acid groups is 3. The Morgan fingerprint density at radius 3 is 2.55 bits per heavy atom. The van der Waals surface area contributed by atoms with Crippen molar-refractivity contribution in [1.82, 2.24) is 9.55 Å². The molecule has 1 aliphatic rings. The highest BCUT2D eigenvalue weighted by Gasteiger charge is 2.44. The number of phosphoric ester groups is 1. The molecule has 2 rings (SSSR count). The number of aromatic nitrogens is 2. The Bertz CT molecular complexity index is 1030. The Balaban J connectivity index is 2.07. The molecule has 1 fully saturated rings. The van der Waals surface area contributed by atoms with Crippen LogP contribution in [0.1, 0.15) is 12.6 Å². The number of hydrogen-bond donors (Lipinski definition) is 6. The normalized spacial score (nSPS) is 24.7. The van der Waals surface area contributed by atoms with Gasteiger partial charge in [0.05, 0.1) is 6.61 Å². The van der Waals surface area contributed by atoms with Crippen LogP contribution in [0.4, 0.5) is 5.82 Å². The van der Waals surface area contributed by atoms with Crippen LogP contribution in [0.25, 0.3) is 0 Å². The molecule has 0 aliphatic carbocycles. The van der Waals surface area contributed by atoms with E-state index in [0.717, 1.165) is 4.57 Å². The number of hydrogen-bond acceptors (Lipinski definition) is 13. The van der Waals surface area contributed by atoms with Crippen molar-refractivity contribution in [2.45, 2.75) is 24.9 Å². The van der Waals surface area contributed by atoms with E-state index in [1.54, 1.807) is 6.08 Å². The van der Waals surface area contributed by atoms with Crippen molar-refractivity contribution in [1.29, 1.82) is 0 Å². The zero-order valence-corrected chi connectivity index (χ0v) is 19.2. The summed E-state index contributed by atoms with van der Waals surface area (Å²) in [5, 5.41) is 2.82. The summed E-state index contributed by atoms with van der Waals surface area (Å²) < 4.78 is 52.3. The number of nitrogens with one attached hydrogen (secondary N) is 1. The highest BCUT2D eigenvalue weighted by Crippen LogP contribution is 2.66. The minimum atomic E-state index is -5.69. The average molecular weight is 538 g/mol. The summed E-state index contributed by atoms with van der Waals surface area (Å²) in [5.74, 6) is 5.14. The van der Waals surface area contributed by atoms with Crippen LogP contribution in [0, 0.1) is 0 Å². The molecule has 188 valence electrons. The summed E-state index contributed by atoms with van der Waals surface area (Å²) in [6.45, 7) is 3.05. The lowest BCUT2D eigenvalue weighted by molar-refractivity contribution is -0.335. The van der Waals surface area contributed by atoms with Gasteiger partial charge in [-0.3, -0.25) is 9.09 Å². The van der Waals surface area contributed by atoms with Gasteiger partial charge in [0.25, 0.3) is 0 Å². The van der Waals surface area contributed by atoms with Crippen molar-refractivity contribution in [3.63, 3.8) is 0 Å². The fourth-order valence-electron chi connectivity index (χ4n) is 2.57. The average Bonchev–Trinajstić information content (AvgIpc) is 3.05. The van der Waals surface area contributed by atoms with Crippen molar-refractivity contribution in [3.05, 3.63) is 35.4 Å². The molecule has 0 spiro atoms. The number of nitrogens with zero attached hydrogens (tertiary/aromatic N) is 2. The van der Waals surface area contributed by atoms with Gasteiger partial charge in [-0.15, -0.1) is 11.6 Å². The predicted molar refractivity (Wildman–Crippen MR) is 106 cm³/mol. The maximum Gasteiger partial charge on any atom is 0.490 e. The molecular formula is C12H21N4O14P3. The van der Waals surface area contributed by atoms with Gasteiger partial charge in [0.1, 0.15) is 24.3 Å². The van der Waals surface area contributed by atoms with E-state index in [4.69, 9.17) is 25.3 Å². The lowest BCUT2D eigenvalue weighted by Gasteiger charge is -2.20.